The summed E-state index contributed by atoms with van der Waals surface area (Å²) in [5, 5.41) is 9.06. The Morgan fingerprint density at radius 3 is 2.84 bits per heavy atom. The number of aromatic nitrogens is 2. The van der Waals surface area contributed by atoms with E-state index in [-0.39, 0.29) is 17.5 Å². The molecule has 2 N–H and O–H groups in total. The Labute approximate surface area is 119 Å². The third-order valence-corrected chi connectivity index (χ3v) is 3.99. The molecule has 0 aromatic carbocycles. The normalized spacial score (nSPS) is 17.1. The molecule has 1 saturated heterocycles. The Morgan fingerprint density at radius 2 is 2.16 bits per heavy atom. The fourth-order valence-electron chi connectivity index (χ4n) is 2.17. The predicted octanol–water partition coefficient (Wildman–Crippen LogP) is 1.35. The molecule has 7 heteroatoms. The number of carbonyl (C=O) groups excluding carboxylic acids is 1. The summed E-state index contributed by atoms with van der Waals surface area (Å²) < 4.78 is 0.362. The lowest BCUT2D eigenvalue weighted by atomic mass is 10.1. The van der Waals surface area contributed by atoms with Gasteiger partial charge in [-0.1, -0.05) is 0 Å². The van der Waals surface area contributed by atoms with Gasteiger partial charge in [0.25, 0.3) is 5.56 Å². The zero-order chi connectivity index (χ0) is 13.8. The first kappa shape index (κ1) is 14.0. The molecule has 1 aliphatic heterocycles. The fourth-order valence-corrected chi connectivity index (χ4v) is 2.47. The van der Waals surface area contributed by atoms with Gasteiger partial charge in [-0.05, 0) is 42.1 Å². The van der Waals surface area contributed by atoms with Crippen LogP contribution < -0.4 is 10.9 Å². The van der Waals surface area contributed by atoms with Crippen molar-refractivity contribution >= 4 is 27.5 Å². The Morgan fingerprint density at radius 1 is 1.47 bits per heavy atom. The average Bonchev–Trinajstić information content (AvgIpc) is 2.44. The molecule has 1 fully saturated rings. The molecule has 0 aliphatic carbocycles. The van der Waals surface area contributed by atoms with Gasteiger partial charge < -0.3 is 10.2 Å². The molecular weight excluding hydrogens is 312 g/mol. The first-order chi connectivity index (χ1) is 9.09. The van der Waals surface area contributed by atoms with Gasteiger partial charge in [-0.3, -0.25) is 9.59 Å². The van der Waals surface area contributed by atoms with Crippen LogP contribution in [0.1, 0.15) is 26.2 Å². The van der Waals surface area contributed by atoms with Crippen molar-refractivity contribution in [3.05, 3.63) is 21.0 Å². The van der Waals surface area contributed by atoms with Crippen LogP contribution in [-0.4, -0.2) is 40.1 Å². The van der Waals surface area contributed by atoms with E-state index in [4.69, 9.17) is 0 Å². The number of amides is 1. The van der Waals surface area contributed by atoms with Gasteiger partial charge in [0.05, 0.1) is 11.9 Å². The number of anilines is 1. The topological polar surface area (TPSA) is 78.1 Å². The van der Waals surface area contributed by atoms with E-state index in [9.17, 15) is 9.59 Å². The van der Waals surface area contributed by atoms with E-state index in [1.165, 1.54) is 12.6 Å². The highest BCUT2D eigenvalue weighted by atomic mass is 79.9. The van der Waals surface area contributed by atoms with E-state index >= 15 is 0 Å². The third kappa shape index (κ3) is 3.34. The van der Waals surface area contributed by atoms with E-state index in [0.29, 0.717) is 10.2 Å². The number of nitrogens with one attached hydrogen (secondary N) is 2. The van der Waals surface area contributed by atoms with Crippen LogP contribution in [0.4, 0.5) is 5.69 Å². The Balaban J connectivity index is 2.03. The number of rotatable bonds is 3. The SMILES string of the molecule is CC(Nc1cn[nH]c(=O)c1Br)C(=O)N1CCCCC1. The highest BCUT2D eigenvalue weighted by Gasteiger charge is 2.22. The van der Waals surface area contributed by atoms with Crippen molar-refractivity contribution in [1.82, 2.24) is 15.1 Å². The molecule has 1 aromatic heterocycles. The van der Waals surface area contributed by atoms with Gasteiger partial charge in [0.1, 0.15) is 10.5 Å². The second-order valence-electron chi connectivity index (χ2n) is 4.68. The molecule has 1 aromatic rings. The predicted molar refractivity (Wildman–Crippen MR) is 76.1 cm³/mol. The fraction of sp³-hybridized carbons (Fsp3) is 0.583. The summed E-state index contributed by atoms with van der Waals surface area (Å²) in [7, 11) is 0. The van der Waals surface area contributed by atoms with Crippen molar-refractivity contribution in [3.8, 4) is 0 Å². The van der Waals surface area contributed by atoms with Gasteiger partial charge >= 0.3 is 0 Å². The van der Waals surface area contributed by atoms with Crippen LogP contribution in [0.15, 0.2) is 15.5 Å². The van der Waals surface area contributed by atoms with Gasteiger partial charge in [-0.15, -0.1) is 0 Å². The van der Waals surface area contributed by atoms with E-state index in [2.05, 4.69) is 31.4 Å². The van der Waals surface area contributed by atoms with Crippen molar-refractivity contribution < 1.29 is 4.79 Å². The minimum Gasteiger partial charge on any atom is -0.372 e. The molecule has 1 atom stereocenters. The number of halogens is 1. The van der Waals surface area contributed by atoms with Crippen LogP contribution in [0.3, 0.4) is 0 Å². The van der Waals surface area contributed by atoms with Gasteiger partial charge in [-0.2, -0.15) is 5.10 Å². The maximum Gasteiger partial charge on any atom is 0.280 e. The summed E-state index contributed by atoms with van der Waals surface area (Å²) >= 11 is 3.18. The van der Waals surface area contributed by atoms with Gasteiger partial charge in [0, 0.05) is 13.1 Å². The molecule has 2 rings (SSSR count). The lowest BCUT2D eigenvalue weighted by Gasteiger charge is -2.29. The standard InChI is InChI=1S/C12H17BrN4O2/c1-8(12(19)17-5-3-2-4-6-17)15-9-7-14-16-11(18)10(9)13/h7-8H,2-6H2,1H3,(H2,15,16,18). The van der Waals surface area contributed by atoms with Crippen LogP contribution in [0.25, 0.3) is 0 Å². The summed E-state index contributed by atoms with van der Waals surface area (Å²) in [6.45, 7) is 3.43. The largest absolute Gasteiger partial charge is 0.372 e. The molecule has 0 saturated carbocycles. The van der Waals surface area contributed by atoms with Crippen molar-refractivity contribution in [3.63, 3.8) is 0 Å². The van der Waals surface area contributed by atoms with Crippen molar-refractivity contribution in [2.24, 2.45) is 0 Å². The molecule has 104 valence electrons. The first-order valence-corrected chi connectivity index (χ1v) is 7.17. The lowest BCUT2D eigenvalue weighted by Crippen LogP contribution is -2.44. The summed E-state index contributed by atoms with van der Waals surface area (Å²) in [5.74, 6) is 0.0619. The van der Waals surface area contributed by atoms with Crippen LogP contribution >= 0.6 is 15.9 Å². The zero-order valence-electron chi connectivity index (χ0n) is 10.8. The van der Waals surface area contributed by atoms with Crippen molar-refractivity contribution in [2.45, 2.75) is 32.2 Å². The molecule has 6 nitrogen and oxygen atoms in total. The maximum atomic E-state index is 12.2. The van der Waals surface area contributed by atoms with Crippen molar-refractivity contribution in [1.29, 1.82) is 0 Å². The van der Waals surface area contributed by atoms with E-state index in [0.717, 1.165) is 25.9 Å². The number of piperidine rings is 1. The lowest BCUT2D eigenvalue weighted by molar-refractivity contribution is -0.132. The maximum absolute atomic E-state index is 12.2. The molecule has 19 heavy (non-hydrogen) atoms. The van der Waals surface area contributed by atoms with Crippen LogP contribution in [0.2, 0.25) is 0 Å². The number of hydrogen-bond donors (Lipinski definition) is 2. The summed E-state index contributed by atoms with van der Waals surface area (Å²) in [6, 6.07) is -0.377. The minimum atomic E-state index is -0.377. The smallest absolute Gasteiger partial charge is 0.280 e. The molecule has 1 amide bonds. The Kier molecular flexibility index (Phi) is 4.57. The average molecular weight is 329 g/mol. The second-order valence-corrected chi connectivity index (χ2v) is 5.47. The van der Waals surface area contributed by atoms with Gasteiger partial charge in [0.15, 0.2) is 0 Å². The van der Waals surface area contributed by atoms with Crippen LogP contribution in [0.5, 0.6) is 0 Å². The molecule has 0 radical (unpaired) electrons. The highest BCUT2D eigenvalue weighted by molar-refractivity contribution is 9.10. The molecule has 0 bridgehead atoms. The number of H-pyrrole nitrogens is 1. The molecule has 1 unspecified atom stereocenters. The number of nitrogens with zero attached hydrogens (tertiary/aromatic N) is 2. The minimum absolute atomic E-state index is 0.0619. The quantitative estimate of drug-likeness (QED) is 0.877. The Bertz CT molecular complexity index is 511. The van der Waals surface area contributed by atoms with E-state index in [1.807, 2.05) is 4.90 Å². The van der Waals surface area contributed by atoms with Gasteiger partial charge in [0.2, 0.25) is 5.91 Å². The number of carbonyl (C=O) groups is 1. The highest BCUT2D eigenvalue weighted by Crippen LogP contribution is 2.17. The summed E-state index contributed by atoms with van der Waals surface area (Å²) in [6.07, 6.45) is 4.81. The molecule has 0 spiro atoms. The molecular formula is C12H17BrN4O2. The van der Waals surface area contributed by atoms with E-state index < -0.39 is 0 Å². The monoisotopic (exact) mass is 328 g/mol. The van der Waals surface area contributed by atoms with E-state index in [1.54, 1.807) is 6.92 Å². The second kappa shape index (κ2) is 6.18. The number of hydrogen-bond acceptors (Lipinski definition) is 4. The van der Waals surface area contributed by atoms with Gasteiger partial charge in [-0.25, -0.2) is 5.10 Å². The third-order valence-electron chi connectivity index (χ3n) is 3.21. The zero-order valence-corrected chi connectivity index (χ0v) is 12.4. The van der Waals surface area contributed by atoms with Crippen LogP contribution in [0, 0.1) is 0 Å². The van der Waals surface area contributed by atoms with Crippen LogP contribution in [-0.2, 0) is 4.79 Å². The summed E-state index contributed by atoms with van der Waals surface area (Å²) in [4.78, 5) is 25.5. The number of aromatic amines is 1. The summed E-state index contributed by atoms with van der Waals surface area (Å²) in [5.41, 5.74) is 0.212. The molecule has 2 heterocycles. The molecule has 1 aliphatic rings. The number of likely N-dealkylation sites (tertiary alicyclic amines) is 1. The Hall–Kier alpha value is -1.37. The van der Waals surface area contributed by atoms with Crippen molar-refractivity contribution in [2.75, 3.05) is 18.4 Å². The first-order valence-electron chi connectivity index (χ1n) is 6.38.